The minimum atomic E-state index is 0.0674. The molecule has 0 aromatic heterocycles. The van der Waals surface area contributed by atoms with Gasteiger partial charge >= 0.3 is 0 Å². The van der Waals surface area contributed by atoms with Crippen LogP contribution < -0.4 is 0 Å². The smallest absolute Gasteiger partial charge is 0.134 e. The first-order chi connectivity index (χ1) is 9.83. The maximum absolute atomic E-state index is 8.93. The minimum absolute atomic E-state index is 0.0674. The van der Waals surface area contributed by atoms with Crippen molar-refractivity contribution >= 4 is 0 Å². The zero-order valence-electron chi connectivity index (χ0n) is 11.6. The molecular weight excluding hydrogens is 248 g/mol. The molecule has 3 nitrogen and oxygen atoms in total. The molecule has 0 radical (unpaired) electrons. The van der Waals surface area contributed by atoms with Crippen molar-refractivity contribution in [3.05, 3.63) is 47.3 Å². The SMILES string of the molecule is N#CC=C1CC23CCCCC2=CN2C=CCCC2=C3O1. The zero-order chi connectivity index (χ0) is 13.6. The van der Waals surface area contributed by atoms with Crippen molar-refractivity contribution in [1.82, 2.24) is 4.90 Å². The second-order valence-corrected chi connectivity index (χ2v) is 6.07. The molecule has 4 aliphatic rings. The Morgan fingerprint density at radius 1 is 1.35 bits per heavy atom. The van der Waals surface area contributed by atoms with E-state index in [1.807, 2.05) is 0 Å². The van der Waals surface area contributed by atoms with Crippen molar-refractivity contribution in [1.29, 1.82) is 5.26 Å². The fourth-order valence-corrected chi connectivity index (χ4v) is 4.07. The van der Waals surface area contributed by atoms with Crippen LogP contribution in [-0.4, -0.2) is 4.90 Å². The molecule has 1 spiro atoms. The lowest BCUT2D eigenvalue weighted by atomic mass is 9.66. The molecule has 4 rings (SSSR count). The number of allylic oxidation sites excluding steroid dienone is 5. The van der Waals surface area contributed by atoms with Crippen molar-refractivity contribution in [2.24, 2.45) is 5.41 Å². The first kappa shape index (κ1) is 11.8. The Bertz CT molecular complexity index is 617. The van der Waals surface area contributed by atoms with Gasteiger partial charge in [0, 0.05) is 18.8 Å². The number of fused-ring (bicyclic) bond motifs is 1. The van der Waals surface area contributed by atoms with Gasteiger partial charge in [-0.2, -0.15) is 5.26 Å². The van der Waals surface area contributed by atoms with E-state index in [4.69, 9.17) is 10.00 Å². The van der Waals surface area contributed by atoms with Crippen LogP contribution in [0.15, 0.2) is 47.3 Å². The standard InChI is InChI=1S/C17H18N2O/c18-9-7-14-11-17-8-3-1-5-13(17)12-19-10-4-2-6-15(19)16(17)20-14/h4,7,10,12H,1-3,5-6,8,11H2. The quantitative estimate of drug-likeness (QED) is 0.619. The van der Waals surface area contributed by atoms with Gasteiger partial charge in [0.1, 0.15) is 11.5 Å². The number of rotatable bonds is 0. The molecule has 1 saturated heterocycles. The van der Waals surface area contributed by atoms with Gasteiger partial charge in [-0.1, -0.05) is 12.5 Å². The summed E-state index contributed by atoms with van der Waals surface area (Å²) in [6.07, 6.45) is 16.1. The Balaban J connectivity index is 1.87. The van der Waals surface area contributed by atoms with E-state index in [2.05, 4.69) is 29.4 Å². The Morgan fingerprint density at radius 3 is 3.20 bits per heavy atom. The van der Waals surface area contributed by atoms with Crippen LogP contribution in [0.1, 0.15) is 44.9 Å². The van der Waals surface area contributed by atoms with Gasteiger partial charge in [0.05, 0.1) is 23.3 Å². The van der Waals surface area contributed by atoms with Gasteiger partial charge in [-0.3, -0.25) is 0 Å². The van der Waals surface area contributed by atoms with Gasteiger partial charge in [-0.15, -0.1) is 0 Å². The molecule has 102 valence electrons. The predicted octanol–water partition coefficient (Wildman–Crippen LogP) is 4.09. The van der Waals surface area contributed by atoms with E-state index in [-0.39, 0.29) is 5.41 Å². The predicted molar refractivity (Wildman–Crippen MR) is 75.6 cm³/mol. The van der Waals surface area contributed by atoms with Gasteiger partial charge in [-0.05, 0) is 37.7 Å². The van der Waals surface area contributed by atoms with Gasteiger partial charge in [0.2, 0.25) is 0 Å². The van der Waals surface area contributed by atoms with E-state index in [1.165, 1.54) is 24.1 Å². The molecule has 3 aliphatic heterocycles. The number of nitriles is 1. The summed E-state index contributed by atoms with van der Waals surface area (Å²) in [7, 11) is 0. The van der Waals surface area contributed by atoms with Crippen LogP contribution in [0.25, 0.3) is 0 Å². The summed E-state index contributed by atoms with van der Waals surface area (Å²) >= 11 is 0. The molecule has 0 aromatic carbocycles. The van der Waals surface area contributed by atoms with E-state index in [1.54, 1.807) is 6.08 Å². The van der Waals surface area contributed by atoms with Crippen LogP contribution in [0.2, 0.25) is 0 Å². The molecular formula is C17H18N2O. The maximum Gasteiger partial charge on any atom is 0.134 e. The summed E-state index contributed by atoms with van der Waals surface area (Å²) in [4.78, 5) is 2.24. The zero-order valence-corrected chi connectivity index (χ0v) is 11.6. The molecule has 3 heteroatoms. The second kappa shape index (κ2) is 4.28. The number of hydrogen-bond donors (Lipinski definition) is 0. The summed E-state index contributed by atoms with van der Waals surface area (Å²) < 4.78 is 6.14. The van der Waals surface area contributed by atoms with E-state index in [0.29, 0.717) is 0 Å². The van der Waals surface area contributed by atoms with Gasteiger partial charge in [0.15, 0.2) is 0 Å². The number of hydrogen-bond acceptors (Lipinski definition) is 3. The van der Waals surface area contributed by atoms with E-state index < -0.39 is 0 Å². The Morgan fingerprint density at radius 2 is 2.30 bits per heavy atom. The van der Waals surface area contributed by atoms with Crippen LogP contribution >= 0.6 is 0 Å². The Hall–Kier alpha value is -1.95. The third kappa shape index (κ3) is 1.51. The van der Waals surface area contributed by atoms with Crippen molar-refractivity contribution in [3.8, 4) is 6.07 Å². The van der Waals surface area contributed by atoms with Crippen LogP contribution in [0.3, 0.4) is 0 Å². The van der Waals surface area contributed by atoms with Crippen LogP contribution in [0.5, 0.6) is 0 Å². The van der Waals surface area contributed by atoms with Crippen LogP contribution in [0.4, 0.5) is 0 Å². The summed E-state index contributed by atoms with van der Waals surface area (Å²) in [5.41, 5.74) is 2.87. The second-order valence-electron chi connectivity index (χ2n) is 6.07. The monoisotopic (exact) mass is 266 g/mol. The number of ether oxygens (including phenoxy) is 1. The molecule has 20 heavy (non-hydrogen) atoms. The summed E-state index contributed by atoms with van der Waals surface area (Å²) in [5.74, 6) is 1.99. The Kier molecular flexibility index (Phi) is 2.53. The molecule has 1 atom stereocenters. The molecule has 3 heterocycles. The fraction of sp³-hybridized carbons (Fsp3) is 0.471. The van der Waals surface area contributed by atoms with Crippen LogP contribution in [0, 0.1) is 16.7 Å². The van der Waals surface area contributed by atoms with Gasteiger partial charge in [-0.25, -0.2) is 0 Å². The number of nitrogens with zero attached hydrogens (tertiary/aromatic N) is 2. The van der Waals surface area contributed by atoms with E-state index in [0.717, 1.165) is 43.6 Å². The molecule has 1 unspecified atom stereocenters. The van der Waals surface area contributed by atoms with Crippen molar-refractivity contribution in [3.63, 3.8) is 0 Å². The van der Waals surface area contributed by atoms with Crippen molar-refractivity contribution in [2.45, 2.75) is 44.9 Å². The van der Waals surface area contributed by atoms with Gasteiger partial charge in [0.25, 0.3) is 0 Å². The summed E-state index contributed by atoms with van der Waals surface area (Å²) in [5, 5.41) is 8.93. The molecule has 0 aromatic rings. The highest BCUT2D eigenvalue weighted by Crippen LogP contribution is 2.59. The molecule has 2 fully saturated rings. The van der Waals surface area contributed by atoms with Crippen molar-refractivity contribution < 1.29 is 4.74 Å². The van der Waals surface area contributed by atoms with Crippen LogP contribution in [-0.2, 0) is 4.74 Å². The maximum atomic E-state index is 8.93. The lowest BCUT2D eigenvalue weighted by Gasteiger charge is -2.42. The summed E-state index contributed by atoms with van der Waals surface area (Å²) in [6.45, 7) is 0. The molecule has 0 amide bonds. The van der Waals surface area contributed by atoms with E-state index >= 15 is 0 Å². The third-order valence-corrected chi connectivity index (χ3v) is 4.97. The largest absolute Gasteiger partial charge is 0.462 e. The topological polar surface area (TPSA) is 36.3 Å². The third-order valence-electron chi connectivity index (χ3n) is 4.97. The first-order valence-corrected chi connectivity index (χ1v) is 7.50. The minimum Gasteiger partial charge on any atom is -0.462 e. The molecule has 0 bridgehead atoms. The van der Waals surface area contributed by atoms with Crippen molar-refractivity contribution in [2.75, 3.05) is 0 Å². The first-order valence-electron chi connectivity index (χ1n) is 7.50. The average molecular weight is 266 g/mol. The fourth-order valence-electron chi connectivity index (χ4n) is 4.07. The highest BCUT2D eigenvalue weighted by molar-refractivity contribution is 5.43. The van der Waals surface area contributed by atoms with Gasteiger partial charge < -0.3 is 9.64 Å². The molecule has 1 aliphatic carbocycles. The molecule has 1 saturated carbocycles. The van der Waals surface area contributed by atoms with E-state index in [9.17, 15) is 0 Å². The highest BCUT2D eigenvalue weighted by atomic mass is 16.5. The summed E-state index contributed by atoms with van der Waals surface area (Å²) in [6, 6.07) is 2.13. The normalized spacial score (nSPS) is 33.0. The lowest BCUT2D eigenvalue weighted by molar-refractivity contribution is 0.236. The lowest BCUT2D eigenvalue weighted by Crippen LogP contribution is -2.34. The highest BCUT2D eigenvalue weighted by Gasteiger charge is 2.51. The molecule has 0 N–H and O–H groups in total. The Labute approximate surface area is 119 Å². The average Bonchev–Trinajstić information content (AvgIpc) is 2.83.